The summed E-state index contributed by atoms with van der Waals surface area (Å²) in [5.41, 5.74) is 6.32. The maximum atomic E-state index is 12.3. The quantitative estimate of drug-likeness (QED) is 0.488. The highest BCUT2D eigenvalue weighted by atomic mass is 16.5. The molecule has 2 fully saturated rings. The van der Waals surface area contributed by atoms with Gasteiger partial charge in [0.1, 0.15) is 0 Å². The van der Waals surface area contributed by atoms with Gasteiger partial charge in [0.05, 0.1) is 24.7 Å². The number of benzene rings is 2. The molecule has 166 valence electrons. The van der Waals surface area contributed by atoms with Crippen LogP contribution in [0.2, 0.25) is 0 Å². The van der Waals surface area contributed by atoms with Gasteiger partial charge in [0.25, 0.3) is 0 Å². The molecule has 0 aromatic heterocycles. The van der Waals surface area contributed by atoms with E-state index in [0.29, 0.717) is 18.6 Å². The van der Waals surface area contributed by atoms with Crippen molar-refractivity contribution in [2.24, 2.45) is 5.92 Å². The Morgan fingerprint density at radius 2 is 1.75 bits per heavy atom. The number of rotatable bonds is 5. The summed E-state index contributed by atoms with van der Waals surface area (Å²) in [6, 6.07) is 18.9. The number of hydrogen-bond acceptors (Lipinski definition) is 2. The Balaban J connectivity index is 1.28. The SMILES string of the molecule is CCC1CC(C)CC(C2=CC=C(c3ccc(C4CC(=O)N4c4ccccc4)cc3)CC2)O1. The molecule has 3 aliphatic rings. The number of carbonyl (C=O) groups is 1. The zero-order valence-corrected chi connectivity index (χ0v) is 19.2. The largest absolute Gasteiger partial charge is 0.371 e. The van der Waals surface area contributed by atoms with Crippen LogP contribution in [0.1, 0.15) is 69.5 Å². The minimum Gasteiger partial charge on any atom is -0.371 e. The van der Waals surface area contributed by atoms with Crippen LogP contribution >= 0.6 is 0 Å². The molecule has 0 radical (unpaired) electrons. The van der Waals surface area contributed by atoms with Crippen molar-refractivity contribution in [2.75, 3.05) is 4.90 Å². The topological polar surface area (TPSA) is 29.5 Å². The minimum absolute atomic E-state index is 0.141. The van der Waals surface area contributed by atoms with Crippen LogP contribution in [0.25, 0.3) is 5.57 Å². The monoisotopic (exact) mass is 427 g/mol. The molecule has 32 heavy (non-hydrogen) atoms. The molecule has 2 saturated heterocycles. The van der Waals surface area contributed by atoms with E-state index < -0.39 is 0 Å². The number of anilines is 1. The van der Waals surface area contributed by atoms with Crippen molar-refractivity contribution < 1.29 is 9.53 Å². The summed E-state index contributed by atoms with van der Waals surface area (Å²) < 4.78 is 6.37. The molecule has 0 spiro atoms. The van der Waals surface area contributed by atoms with E-state index in [-0.39, 0.29) is 11.9 Å². The standard InChI is InChI=1S/C29H33NO2/c1-3-26-17-20(2)18-28(32-26)24-15-11-22(12-16-24)21-9-13-23(14-10-21)27-19-29(31)30(27)25-7-5-4-6-8-25/h4-11,13-15,20,26-28H,3,12,16-19H2,1-2H3. The molecule has 3 nitrogen and oxygen atoms in total. The zero-order chi connectivity index (χ0) is 22.1. The number of hydrogen-bond donors (Lipinski definition) is 0. The number of ether oxygens (including phenoxy) is 1. The van der Waals surface area contributed by atoms with Gasteiger partial charge in [-0.05, 0) is 72.4 Å². The Kier molecular flexibility index (Phi) is 6.01. The first kappa shape index (κ1) is 21.2. The lowest BCUT2D eigenvalue weighted by molar-refractivity contribution is -0.124. The van der Waals surface area contributed by atoms with E-state index in [1.54, 1.807) is 0 Å². The fraction of sp³-hybridized carbons (Fsp3) is 0.414. The van der Waals surface area contributed by atoms with Gasteiger partial charge in [-0.2, -0.15) is 0 Å². The molecule has 2 heterocycles. The highest BCUT2D eigenvalue weighted by molar-refractivity contribution is 6.01. The van der Waals surface area contributed by atoms with Crippen molar-refractivity contribution in [3.63, 3.8) is 0 Å². The van der Waals surface area contributed by atoms with Gasteiger partial charge in [-0.25, -0.2) is 0 Å². The predicted molar refractivity (Wildman–Crippen MR) is 130 cm³/mol. The van der Waals surface area contributed by atoms with Gasteiger partial charge in [-0.1, -0.05) is 68.5 Å². The first-order valence-corrected chi connectivity index (χ1v) is 12.1. The van der Waals surface area contributed by atoms with Crippen LogP contribution in [-0.4, -0.2) is 18.1 Å². The molecule has 0 N–H and O–H groups in total. The number of carbonyl (C=O) groups excluding carboxylic acids is 1. The Hall–Kier alpha value is -2.65. The highest BCUT2D eigenvalue weighted by Crippen LogP contribution is 2.40. The van der Waals surface area contributed by atoms with Crippen molar-refractivity contribution in [2.45, 2.75) is 70.6 Å². The summed E-state index contributed by atoms with van der Waals surface area (Å²) in [5.74, 6) is 0.939. The lowest BCUT2D eigenvalue weighted by Gasteiger charge is -2.40. The number of nitrogens with zero attached hydrogens (tertiary/aromatic N) is 1. The Bertz CT molecular complexity index is 1020. The average molecular weight is 428 g/mol. The average Bonchev–Trinajstić information content (AvgIpc) is 2.83. The summed E-state index contributed by atoms with van der Waals surface area (Å²) in [6.07, 6.45) is 11.5. The smallest absolute Gasteiger partial charge is 0.230 e. The number of allylic oxidation sites excluding steroid dienone is 3. The summed E-state index contributed by atoms with van der Waals surface area (Å²) >= 11 is 0. The van der Waals surface area contributed by atoms with Gasteiger partial charge in [-0.3, -0.25) is 4.79 Å². The molecule has 5 rings (SSSR count). The van der Waals surface area contributed by atoms with Gasteiger partial charge in [0, 0.05) is 5.69 Å². The Morgan fingerprint density at radius 3 is 2.41 bits per heavy atom. The molecular formula is C29H33NO2. The second-order valence-corrected chi connectivity index (χ2v) is 9.61. The first-order valence-electron chi connectivity index (χ1n) is 12.1. The second kappa shape index (κ2) is 9.07. The van der Waals surface area contributed by atoms with Crippen molar-refractivity contribution in [3.05, 3.63) is 83.4 Å². The fourth-order valence-electron chi connectivity index (χ4n) is 5.43. The molecule has 0 saturated carbocycles. The van der Waals surface area contributed by atoms with Crippen LogP contribution in [0.5, 0.6) is 0 Å². The van der Waals surface area contributed by atoms with Crippen molar-refractivity contribution in [1.29, 1.82) is 0 Å². The molecule has 4 unspecified atom stereocenters. The van der Waals surface area contributed by atoms with E-state index in [0.717, 1.165) is 37.3 Å². The molecule has 0 bridgehead atoms. The van der Waals surface area contributed by atoms with E-state index in [9.17, 15) is 4.79 Å². The van der Waals surface area contributed by atoms with Crippen molar-refractivity contribution in [1.82, 2.24) is 0 Å². The Labute approximate surface area is 191 Å². The maximum Gasteiger partial charge on any atom is 0.230 e. The van der Waals surface area contributed by atoms with Crippen LogP contribution in [0, 0.1) is 5.92 Å². The van der Waals surface area contributed by atoms with Crippen molar-refractivity contribution in [3.8, 4) is 0 Å². The molecule has 4 atom stereocenters. The molecule has 2 aliphatic heterocycles. The van der Waals surface area contributed by atoms with Crippen molar-refractivity contribution >= 4 is 17.2 Å². The van der Waals surface area contributed by atoms with E-state index in [2.05, 4.69) is 50.3 Å². The zero-order valence-electron chi connectivity index (χ0n) is 19.2. The minimum atomic E-state index is 0.141. The summed E-state index contributed by atoms with van der Waals surface area (Å²) in [7, 11) is 0. The normalized spacial score (nSPS) is 28.1. The van der Waals surface area contributed by atoms with Crippen LogP contribution in [-0.2, 0) is 9.53 Å². The van der Waals surface area contributed by atoms with Crippen LogP contribution in [0.3, 0.4) is 0 Å². The van der Waals surface area contributed by atoms with Gasteiger partial charge >= 0.3 is 0 Å². The van der Waals surface area contributed by atoms with E-state index in [1.165, 1.54) is 28.7 Å². The number of amides is 1. The fourth-order valence-corrected chi connectivity index (χ4v) is 5.43. The lowest BCUT2D eigenvalue weighted by Crippen LogP contribution is -2.46. The van der Waals surface area contributed by atoms with Gasteiger partial charge < -0.3 is 9.64 Å². The summed E-state index contributed by atoms with van der Waals surface area (Å²) in [6.45, 7) is 4.59. The van der Waals surface area contributed by atoms with E-state index in [4.69, 9.17) is 4.74 Å². The maximum absolute atomic E-state index is 12.3. The molecule has 2 aromatic rings. The van der Waals surface area contributed by atoms with Gasteiger partial charge in [0.2, 0.25) is 5.91 Å². The summed E-state index contributed by atoms with van der Waals surface area (Å²) in [4.78, 5) is 14.2. The highest BCUT2D eigenvalue weighted by Gasteiger charge is 2.38. The molecule has 2 aromatic carbocycles. The van der Waals surface area contributed by atoms with Crippen LogP contribution < -0.4 is 4.90 Å². The molecule has 3 heteroatoms. The lowest BCUT2D eigenvalue weighted by atomic mass is 9.84. The second-order valence-electron chi connectivity index (χ2n) is 9.61. The summed E-state index contributed by atoms with van der Waals surface area (Å²) in [5, 5.41) is 0. The van der Waals surface area contributed by atoms with E-state index in [1.807, 2.05) is 35.2 Å². The molecular weight excluding hydrogens is 394 g/mol. The Morgan fingerprint density at radius 1 is 0.969 bits per heavy atom. The molecule has 1 aliphatic carbocycles. The third-order valence-electron chi connectivity index (χ3n) is 7.34. The number of para-hydroxylation sites is 1. The molecule has 1 amide bonds. The number of β-lactam (4-membered cyclic amide) rings is 1. The predicted octanol–water partition coefficient (Wildman–Crippen LogP) is 6.86. The van der Waals surface area contributed by atoms with Crippen LogP contribution in [0.15, 0.2) is 72.3 Å². The third-order valence-corrected chi connectivity index (χ3v) is 7.34. The van der Waals surface area contributed by atoms with Crippen LogP contribution in [0.4, 0.5) is 5.69 Å². The third kappa shape index (κ3) is 4.19. The van der Waals surface area contributed by atoms with E-state index >= 15 is 0 Å². The van der Waals surface area contributed by atoms with Gasteiger partial charge in [-0.15, -0.1) is 0 Å². The first-order chi connectivity index (χ1) is 15.6. The van der Waals surface area contributed by atoms with Gasteiger partial charge in [0.15, 0.2) is 0 Å².